The molecule has 1 aromatic carbocycles. The standard InChI is InChI=1S/C15H17FN2O/c1-2-15(17)12-3-5-14(6-4-12)19-10-11-7-13(16)9-18-8-11/h3-9,15H,2,10,17H2,1H3/t15-/m0/s1. The molecule has 1 atom stereocenters. The van der Waals surface area contributed by atoms with E-state index in [2.05, 4.69) is 4.98 Å². The fourth-order valence-electron chi connectivity index (χ4n) is 1.75. The lowest BCUT2D eigenvalue weighted by molar-refractivity contribution is 0.305. The van der Waals surface area contributed by atoms with E-state index in [1.54, 1.807) is 6.20 Å². The molecule has 0 amide bonds. The summed E-state index contributed by atoms with van der Waals surface area (Å²) < 4.78 is 18.5. The number of rotatable bonds is 5. The zero-order valence-electron chi connectivity index (χ0n) is 10.8. The first kappa shape index (κ1) is 13.5. The number of hydrogen-bond donors (Lipinski definition) is 1. The largest absolute Gasteiger partial charge is 0.489 e. The lowest BCUT2D eigenvalue weighted by atomic mass is 10.1. The minimum absolute atomic E-state index is 0.0569. The molecule has 100 valence electrons. The molecule has 0 bridgehead atoms. The molecule has 19 heavy (non-hydrogen) atoms. The lowest BCUT2D eigenvalue weighted by Gasteiger charge is -2.10. The molecule has 2 N–H and O–H groups in total. The first-order chi connectivity index (χ1) is 9.19. The molecular weight excluding hydrogens is 243 g/mol. The Hall–Kier alpha value is -1.94. The van der Waals surface area contributed by atoms with Crippen LogP contribution in [0.15, 0.2) is 42.7 Å². The van der Waals surface area contributed by atoms with Crippen molar-refractivity contribution in [3.63, 3.8) is 0 Å². The number of nitrogens with two attached hydrogens (primary N) is 1. The van der Waals surface area contributed by atoms with Crippen molar-refractivity contribution in [2.24, 2.45) is 5.73 Å². The van der Waals surface area contributed by atoms with Crippen LogP contribution in [0.1, 0.15) is 30.5 Å². The van der Waals surface area contributed by atoms with E-state index in [4.69, 9.17) is 10.5 Å². The van der Waals surface area contributed by atoms with Crippen LogP contribution in [0.3, 0.4) is 0 Å². The predicted octanol–water partition coefficient (Wildman–Crippen LogP) is 3.21. The van der Waals surface area contributed by atoms with Gasteiger partial charge in [0.2, 0.25) is 0 Å². The van der Waals surface area contributed by atoms with Crippen LogP contribution in [0.4, 0.5) is 4.39 Å². The molecule has 4 heteroatoms. The maximum Gasteiger partial charge on any atom is 0.141 e. The Kier molecular flexibility index (Phi) is 4.47. The highest BCUT2D eigenvalue weighted by Gasteiger charge is 2.03. The van der Waals surface area contributed by atoms with E-state index < -0.39 is 0 Å². The van der Waals surface area contributed by atoms with Gasteiger partial charge in [0, 0.05) is 17.8 Å². The molecule has 0 fully saturated rings. The second-order valence-electron chi connectivity index (χ2n) is 4.38. The van der Waals surface area contributed by atoms with Crippen LogP contribution in [0.25, 0.3) is 0 Å². The molecule has 0 saturated heterocycles. The Morgan fingerprint density at radius 1 is 1.26 bits per heavy atom. The molecule has 3 nitrogen and oxygen atoms in total. The minimum Gasteiger partial charge on any atom is -0.489 e. The summed E-state index contributed by atoms with van der Waals surface area (Å²) in [5.74, 6) is 0.377. The molecule has 0 unspecified atom stereocenters. The Bertz CT molecular complexity index is 528. The molecule has 1 aromatic heterocycles. The Morgan fingerprint density at radius 3 is 2.63 bits per heavy atom. The summed E-state index contributed by atoms with van der Waals surface area (Å²) in [5, 5.41) is 0. The topological polar surface area (TPSA) is 48.1 Å². The maximum atomic E-state index is 12.9. The lowest BCUT2D eigenvalue weighted by Crippen LogP contribution is -2.08. The van der Waals surface area contributed by atoms with Crippen LogP contribution in [0.5, 0.6) is 5.75 Å². The number of hydrogen-bond acceptors (Lipinski definition) is 3. The van der Waals surface area contributed by atoms with Crippen LogP contribution in [0, 0.1) is 5.82 Å². The normalized spacial score (nSPS) is 12.2. The Morgan fingerprint density at radius 2 is 2.00 bits per heavy atom. The number of aromatic nitrogens is 1. The van der Waals surface area contributed by atoms with Gasteiger partial charge in [0.25, 0.3) is 0 Å². The molecule has 0 radical (unpaired) electrons. The fourth-order valence-corrected chi connectivity index (χ4v) is 1.75. The van der Waals surface area contributed by atoms with E-state index in [1.807, 2.05) is 31.2 Å². The van der Waals surface area contributed by atoms with Crippen LogP contribution in [-0.2, 0) is 6.61 Å². The summed E-state index contributed by atoms with van der Waals surface area (Å²) in [6.45, 7) is 2.34. The van der Waals surface area contributed by atoms with Crippen molar-refractivity contribution in [3.8, 4) is 5.75 Å². The summed E-state index contributed by atoms with van der Waals surface area (Å²) in [4.78, 5) is 3.77. The third kappa shape index (κ3) is 3.76. The van der Waals surface area contributed by atoms with Gasteiger partial charge in [-0.05, 0) is 30.2 Å². The Balaban J connectivity index is 1.96. The monoisotopic (exact) mass is 260 g/mol. The van der Waals surface area contributed by atoms with Crippen molar-refractivity contribution in [1.29, 1.82) is 0 Å². The fraction of sp³-hybridized carbons (Fsp3) is 0.267. The van der Waals surface area contributed by atoms with E-state index >= 15 is 0 Å². The number of benzene rings is 1. The maximum absolute atomic E-state index is 12.9. The molecule has 1 heterocycles. The van der Waals surface area contributed by atoms with Gasteiger partial charge < -0.3 is 10.5 Å². The van der Waals surface area contributed by atoms with Gasteiger partial charge in [-0.15, -0.1) is 0 Å². The summed E-state index contributed by atoms with van der Waals surface area (Å²) in [6.07, 6.45) is 3.66. The van der Waals surface area contributed by atoms with Gasteiger partial charge in [0.05, 0.1) is 6.20 Å². The molecular formula is C15H17FN2O. The van der Waals surface area contributed by atoms with Crippen LogP contribution >= 0.6 is 0 Å². The van der Waals surface area contributed by atoms with Crippen molar-refractivity contribution in [3.05, 3.63) is 59.7 Å². The van der Waals surface area contributed by atoms with Gasteiger partial charge in [-0.1, -0.05) is 19.1 Å². The number of nitrogens with zero attached hydrogens (tertiary/aromatic N) is 1. The van der Waals surface area contributed by atoms with E-state index in [1.165, 1.54) is 12.3 Å². The van der Waals surface area contributed by atoms with E-state index in [0.29, 0.717) is 12.2 Å². The minimum atomic E-state index is -0.356. The smallest absolute Gasteiger partial charge is 0.141 e. The summed E-state index contributed by atoms with van der Waals surface area (Å²) in [7, 11) is 0. The third-order valence-corrected chi connectivity index (χ3v) is 2.92. The summed E-state index contributed by atoms with van der Waals surface area (Å²) in [5.41, 5.74) is 7.72. The van der Waals surface area contributed by atoms with E-state index in [9.17, 15) is 4.39 Å². The van der Waals surface area contributed by atoms with E-state index in [0.717, 1.165) is 17.7 Å². The highest BCUT2D eigenvalue weighted by molar-refractivity contribution is 5.29. The van der Waals surface area contributed by atoms with Crippen molar-refractivity contribution in [2.45, 2.75) is 26.0 Å². The first-order valence-corrected chi connectivity index (χ1v) is 6.27. The first-order valence-electron chi connectivity index (χ1n) is 6.27. The van der Waals surface area contributed by atoms with Gasteiger partial charge >= 0.3 is 0 Å². The van der Waals surface area contributed by atoms with Gasteiger partial charge in [0.15, 0.2) is 0 Å². The highest BCUT2D eigenvalue weighted by Crippen LogP contribution is 2.19. The van der Waals surface area contributed by atoms with Gasteiger partial charge in [-0.3, -0.25) is 4.98 Å². The number of halogens is 1. The van der Waals surface area contributed by atoms with Gasteiger partial charge in [0.1, 0.15) is 18.2 Å². The highest BCUT2D eigenvalue weighted by atomic mass is 19.1. The van der Waals surface area contributed by atoms with Crippen LogP contribution < -0.4 is 10.5 Å². The molecule has 2 rings (SSSR count). The molecule has 0 spiro atoms. The van der Waals surface area contributed by atoms with Gasteiger partial charge in [-0.2, -0.15) is 0 Å². The van der Waals surface area contributed by atoms with Crippen molar-refractivity contribution in [2.75, 3.05) is 0 Å². The zero-order chi connectivity index (χ0) is 13.7. The summed E-state index contributed by atoms with van der Waals surface area (Å²) >= 11 is 0. The Labute approximate surface area is 112 Å². The van der Waals surface area contributed by atoms with E-state index in [-0.39, 0.29) is 11.9 Å². The molecule has 0 aliphatic heterocycles. The van der Waals surface area contributed by atoms with Crippen molar-refractivity contribution >= 4 is 0 Å². The molecule has 0 saturated carbocycles. The average Bonchev–Trinajstić information content (AvgIpc) is 2.45. The second kappa shape index (κ2) is 6.29. The zero-order valence-corrected chi connectivity index (χ0v) is 10.8. The average molecular weight is 260 g/mol. The van der Waals surface area contributed by atoms with Gasteiger partial charge in [-0.25, -0.2) is 4.39 Å². The number of pyridine rings is 1. The molecule has 0 aliphatic rings. The van der Waals surface area contributed by atoms with Crippen molar-refractivity contribution < 1.29 is 9.13 Å². The predicted molar refractivity (Wildman–Crippen MR) is 72.2 cm³/mol. The van der Waals surface area contributed by atoms with Crippen LogP contribution in [0.2, 0.25) is 0 Å². The quantitative estimate of drug-likeness (QED) is 0.898. The number of ether oxygens (including phenoxy) is 1. The SMILES string of the molecule is CC[C@H](N)c1ccc(OCc2cncc(F)c2)cc1. The summed E-state index contributed by atoms with van der Waals surface area (Å²) in [6, 6.07) is 9.12. The third-order valence-electron chi connectivity index (χ3n) is 2.92. The second-order valence-corrected chi connectivity index (χ2v) is 4.38. The molecule has 0 aliphatic carbocycles. The van der Waals surface area contributed by atoms with Crippen molar-refractivity contribution in [1.82, 2.24) is 4.98 Å². The molecule has 2 aromatic rings. The van der Waals surface area contributed by atoms with Crippen LogP contribution in [-0.4, -0.2) is 4.98 Å².